The Hall–Kier alpha value is -3.60. The average Bonchev–Trinajstić information content (AvgIpc) is 3.24. The van der Waals surface area contributed by atoms with E-state index in [0.717, 1.165) is 18.1 Å². The van der Waals surface area contributed by atoms with Crippen LogP contribution in [0.2, 0.25) is 0 Å². The van der Waals surface area contributed by atoms with E-state index in [0.29, 0.717) is 5.75 Å². The van der Waals surface area contributed by atoms with Crippen molar-refractivity contribution in [3.05, 3.63) is 107 Å². The molecule has 5 nitrogen and oxygen atoms in total. The third-order valence-electron chi connectivity index (χ3n) is 5.66. The summed E-state index contributed by atoms with van der Waals surface area (Å²) in [6, 6.07) is 22.7. The lowest BCUT2D eigenvalue weighted by molar-refractivity contribution is 0.356. The number of ether oxygens (including phenoxy) is 1. The van der Waals surface area contributed by atoms with E-state index in [1.54, 1.807) is 19.4 Å². The number of hydrogen-bond donors (Lipinski definition) is 0. The van der Waals surface area contributed by atoms with Gasteiger partial charge < -0.3 is 13.9 Å². The van der Waals surface area contributed by atoms with Crippen molar-refractivity contribution in [2.24, 2.45) is 0 Å². The van der Waals surface area contributed by atoms with Crippen LogP contribution in [0.5, 0.6) is 5.75 Å². The monoisotopic (exact) mass is 383 g/mol. The maximum Gasteiger partial charge on any atom is 0.224 e. The van der Waals surface area contributed by atoms with Gasteiger partial charge in [0.1, 0.15) is 5.69 Å². The lowest BCUT2D eigenvalue weighted by Gasteiger charge is -2.36. The van der Waals surface area contributed by atoms with Gasteiger partial charge in [0.2, 0.25) is 5.43 Å². The van der Waals surface area contributed by atoms with Crippen LogP contribution < -0.4 is 10.2 Å². The maximum absolute atomic E-state index is 12.5. The fourth-order valence-electron chi connectivity index (χ4n) is 4.41. The van der Waals surface area contributed by atoms with Gasteiger partial charge in [-0.05, 0) is 11.1 Å². The highest BCUT2D eigenvalue weighted by Gasteiger charge is 2.34. The molecule has 0 aliphatic carbocycles. The van der Waals surface area contributed by atoms with Crippen LogP contribution in [-0.4, -0.2) is 21.2 Å². The van der Waals surface area contributed by atoms with Gasteiger partial charge >= 0.3 is 0 Å². The number of rotatable bonds is 4. The second kappa shape index (κ2) is 7.09. The van der Waals surface area contributed by atoms with Crippen molar-refractivity contribution in [2.75, 3.05) is 7.11 Å². The van der Waals surface area contributed by atoms with Crippen LogP contribution >= 0.6 is 0 Å². The molecule has 0 amide bonds. The van der Waals surface area contributed by atoms with Gasteiger partial charge in [-0.3, -0.25) is 4.79 Å². The van der Waals surface area contributed by atoms with Crippen molar-refractivity contribution in [1.82, 2.24) is 14.1 Å². The SMILES string of the molecule is COc1c2n(ccc1=O)C(C(c1ccccc1)c1ccccc1)Cn1ccnc1-2. The van der Waals surface area contributed by atoms with Crippen molar-refractivity contribution in [2.45, 2.75) is 18.5 Å². The molecule has 5 rings (SSSR count). The minimum Gasteiger partial charge on any atom is -0.491 e. The van der Waals surface area contributed by atoms with Gasteiger partial charge in [0, 0.05) is 37.1 Å². The molecule has 4 aromatic rings. The predicted octanol–water partition coefficient (Wildman–Crippen LogP) is 4.11. The summed E-state index contributed by atoms with van der Waals surface area (Å²) in [5, 5.41) is 0. The molecule has 1 unspecified atom stereocenters. The number of benzene rings is 2. The van der Waals surface area contributed by atoms with Crippen LogP contribution in [0.25, 0.3) is 11.5 Å². The standard InChI is InChI=1S/C24H21N3O2/c1-29-23-20(28)12-14-27-19(16-26-15-13-25-24(26)22(23)27)21(17-8-4-2-5-9-17)18-10-6-3-7-11-18/h2-15,19,21H,16H2,1H3. The number of aromatic nitrogens is 3. The number of methoxy groups -OCH3 is 1. The van der Waals surface area contributed by atoms with Gasteiger partial charge in [-0.25, -0.2) is 4.98 Å². The van der Waals surface area contributed by atoms with E-state index in [-0.39, 0.29) is 17.4 Å². The molecule has 1 aliphatic heterocycles. The summed E-state index contributed by atoms with van der Waals surface area (Å²) in [4.78, 5) is 17.0. The van der Waals surface area contributed by atoms with E-state index in [1.807, 2.05) is 24.5 Å². The topological polar surface area (TPSA) is 49.0 Å². The summed E-state index contributed by atoms with van der Waals surface area (Å²) in [5.41, 5.74) is 3.06. The maximum atomic E-state index is 12.5. The van der Waals surface area contributed by atoms with E-state index in [2.05, 4.69) is 62.6 Å². The first-order valence-electron chi connectivity index (χ1n) is 9.68. The van der Waals surface area contributed by atoms with Crippen molar-refractivity contribution in [3.8, 4) is 17.3 Å². The normalized spacial score (nSPS) is 15.0. The molecule has 0 fully saturated rings. The lowest BCUT2D eigenvalue weighted by atomic mass is 9.84. The Morgan fingerprint density at radius 1 is 0.966 bits per heavy atom. The quantitative estimate of drug-likeness (QED) is 0.533. The molecule has 1 aliphatic rings. The molecule has 29 heavy (non-hydrogen) atoms. The van der Waals surface area contributed by atoms with Crippen LogP contribution in [0, 0.1) is 0 Å². The van der Waals surface area contributed by atoms with Gasteiger partial charge in [0.05, 0.1) is 13.2 Å². The molecular weight excluding hydrogens is 362 g/mol. The Balaban J connectivity index is 1.76. The first kappa shape index (κ1) is 17.5. The Labute approximate surface area is 168 Å². The molecule has 5 heteroatoms. The smallest absolute Gasteiger partial charge is 0.224 e. The molecule has 0 bridgehead atoms. The van der Waals surface area contributed by atoms with Crippen LogP contribution in [0.1, 0.15) is 23.1 Å². The minimum atomic E-state index is -0.134. The Kier molecular flexibility index (Phi) is 4.28. The van der Waals surface area contributed by atoms with Crippen molar-refractivity contribution >= 4 is 0 Å². The van der Waals surface area contributed by atoms with Crippen molar-refractivity contribution in [1.29, 1.82) is 0 Å². The highest BCUT2D eigenvalue weighted by molar-refractivity contribution is 5.62. The molecule has 3 heterocycles. The highest BCUT2D eigenvalue weighted by Crippen LogP contribution is 2.42. The zero-order valence-corrected chi connectivity index (χ0v) is 16.1. The summed E-state index contributed by atoms with van der Waals surface area (Å²) in [5.74, 6) is 1.21. The van der Waals surface area contributed by atoms with E-state index >= 15 is 0 Å². The molecule has 0 spiro atoms. The molecule has 0 saturated carbocycles. The fraction of sp³-hybridized carbons (Fsp3) is 0.167. The molecule has 2 aromatic carbocycles. The van der Waals surface area contributed by atoms with Gasteiger partial charge in [0.15, 0.2) is 11.6 Å². The predicted molar refractivity (Wildman–Crippen MR) is 112 cm³/mol. The number of nitrogens with zero attached hydrogens (tertiary/aromatic N) is 3. The lowest BCUT2D eigenvalue weighted by Crippen LogP contribution is -2.31. The zero-order valence-electron chi connectivity index (χ0n) is 16.1. The summed E-state index contributed by atoms with van der Waals surface area (Å²) < 4.78 is 9.79. The molecule has 2 aromatic heterocycles. The molecule has 0 N–H and O–H groups in total. The van der Waals surface area contributed by atoms with Gasteiger partial charge in [-0.2, -0.15) is 0 Å². The molecule has 144 valence electrons. The van der Waals surface area contributed by atoms with Gasteiger partial charge in [-0.15, -0.1) is 0 Å². The average molecular weight is 383 g/mol. The summed E-state index contributed by atoms with van der Waals surface area (Å²) in [6.07, 6.45) is 5.62. The Morgan fingerprint density at radius 2 is 1.62 bits per heavy atom. The Morgan fingerprint density at radius 3 is 2.24 bits per heavy atom. The fourth-order valence-corrected chi connectivity index (χ4v) is 4.41. The third kappa shape index (κ3) is 2.86. The third-order valence-corrected chi connectivity index (χ3v) is 5.66. The van der Waals surface area contributed by atoms with Gasteiger partial charge in [-0.1, -0.05) is 60.7 Å². The van der Waals surface area contributed by atoms with Crippen molar-refractivity contribution < 1.29 is 4.74 Å². The molecule has 0 saturated heterocycles. The summed E-state index contributed by atoms with van der Waals surface area (Å²) in [6.45, 7) is 0.753. The first-order valence-corrected chi connectivity index (χ1v) is 9.68. The van der Waals surface area contributed by atoms with E-state index in [1.165, 1.54) is 11.1 Å². The van der Waals surface area contributed by atoms with Crippen molar-refractivity contribution in [3.63, 3.8) is 0 Å². The number of pyridine rings is 1. The largest absolute Gasteiger partial charge is 0.491 e. The zero-order chi connectivity index (χ0) is 19.8. The number of fused-ring (bicyclic) bond motifs is 3. The van der Waals surface area contributed by atoms with Crippen LogP contribution in [-0.2, 0) is 6.54 Å². The number of imidazole rings is 1. The van der Waals surface area contributed by atoms with E-state index in [9.17, 15) is 4.79 Å². The van der Waals surface area contributed by atoms with Gasteiger partial charge in [0.25, 0.3) is 0 Å². The van der Waals surface area contributed by atoms with Crippen LogP contribution in [0.15, 0.2) is 90.1 Å². The number of hydrogen-bond acceptors (Lipinski definition) is 3. The first-order chi connectivity index (χ1) is 14.3. The second-order valence-corrected chi connectivity index (χ2v) is 7.24. The molecule has 1 atom stereocenters. The van der Waals surface area contributed by atoms with E-state index in [4.69, 9.17) is 4.74 Å². The summed E-state index contributed by atoms with van der Waals surface area (Å²) in [7, 11) is 1.54. The molecular formula is C24H21N3O2. The molecule has 0 radical (unpaired) electrons. The summed E-state index contributed by atoms with van der Waals surface area (Å²) >= 11 is 0. The van der Waals surface area contributed by atoms with E-state index < -0.39 is 0 Å². The van der Waals surface area contributed by atoms with Crippen LogP contribution in [0.4, 0.5) is 0 Å². The highest BCUT2D eigenvalue weighted by atomic mass is 16.5. The van der Waals surface area contributed by atoms with Crippen LogP contribution in [0.3, 0.4) is 0 Å². The minimum absolute atomic E-state index is 0.0611. The second-order valence-electron chi connectivity index (χ2n) is 7.24. The Bertz CT molecular complexity index is 1160.